The lowest BCUT2D eigenvalue weighted by Gasteiger charge is -2.03. The molecule has 0 unspecified atom stereocenters. The number of amides is 1. The number of aromatic nitrogens is 3. The Labute approximate surface area is 114 Å². The average Bonchev–Trinajstić information content (AvgIpc) is 2.86. The van der Waals surface area contributed by atoms with E-state index >= 15 is 0 Å². The van der Waals surface area contributed by atoms with Crippen LogP contribution in [0.25, 0.3) is 11.4 Å². The van der Waals surface area contributed by atoms with Crippen molar-refractivity contribution in [1.82, 2.24) is 15.2 Å². The van der Waals surface area contributed by atoms with Crippen LogP contribution >= 0.6 is 0 Å². The molecule has 0 aliphatic rings. The number of anilines is 1. The molecular weight excluding hydrogens is 293 g/mol. The standard InChI is InChI=1S/C11H7F3N4O3/c12-11(13,14)9(21)16-10-15-7(17-18-10)5-1-3-6(4-2-5)8(19)20/h1-4H,(H,19,20)(H2,15,16,17,18,21). The van der Waals surface area contributed by atoms with Gasteiger partial charge in [0.05, 0.1) is 5.56 Å². The van der Waals surface area contributed by atoms with E-state index in [1.54, 1.807) is 0 Å². The maximum atomic E-state index is 12.1. The summed E-state index contributed by atoms with van der Waals surface area (Å²) in [4.78, 5) is 25.0. The van der Waals surface area contributed by atoms with Gasteiger partial charge in [0.1, 0.15) is 0 Å². The minimum atomic E-state index is -5.04. The summed E-state index contributed by atoms with van der Waals surface area (Å²) >= 11 is 0. The predicted molar refractivity (Wildman–Crippen MR) is 63.5 cm³/mol. The number of hydrogen-bond donors (Lipinski definition) is 3. The normalized spacial score (nSPS) is 11.2. The van der Waals surface area contributed by atoms with E-state index in [2.05, 4.69) is 15.2 Å². The van der Waals surface area contributed by atoms with Crippen molar-refractivity contribution in [3.8, 4) is 11.4 Å². The number of H-pyrrole nitrogens is 1. The molecular formula is C11H7F3N4O3. The molecule has 0 atom stereocenters. The second-order valence-corrected chi connectivity index (χ2v) is 3.84. The van der Waals surface area contributed by atoms with Crippen molar-refractivity contribution < 1.29 is 27.9 Å². The Balaban J connectivity index is 2.16. The number of carbonyl (C=O) groups is 2. The molecule has 1 heterocycles. The van der Waals surface area contributed by atoms with Crippen LogP contribution in [0.4, 0.5) is 19.1 Å². The minimum Gasteiger partial charge on any atom is -0.478 e. The van der Waals surface area contributed by atoms with E-state index < -0.39 is 24.0 Å². The number of carboxylic acid groups (broad SMARTS) is 1. The fourth-order valence-corrected chi connectivity index (χ4v) is 1.39. The summed E-state index contributed by atoms with van der Waals surface area (Å²) in [5.41, 5.74) is 0.448. The molecule has 1 amide bonds. The molecule has 0 bridgehead atoms. The summed E-state index contributed by atoms with van der Waals surface area (Å²) in [6.45, 7) is 0. The lowest BCUT2D eigenvalue weighted by Crippen LogP contribution is -2.30. The van der Waals surface area contributed by atoms with Crippen molar-refractivity contribution in [1.29, 1.82) is 0 Å². The Morgan fingerprint density at radius 3 is 2.33 bits per heavy atom. The van der Waals surface area contributed by atoms with Gasteiger partial charge in [-0.1, -0.05) is 12.1 Å². The fraction of sp³-hybridized carbons (Fsp3) is 0.0909. The average molecular weight is 300 g/mol. The third-order valence-electron chi connectivity index (χ3n) is 2.37. The Kier molecular flexibility index (Phi) is 3.61. The first-order valence-electron chi connectivity index (χ1n) is 5.41. The molecule has 0 fully saturated rings. The molecule has 7 nitrogen and oxygen atoms in total. The molecule has 0 saturated carbocycles. The zero-order chi connectivity index (χ0) is 15.6. The summed E-state index contributed by atoms with van der Waals surface area (Å²) in [5, 5.41) is 16.0. The number of hydrogen-bond acceptors (Lipinski definition) is 4. The summed E-state index contributed by atoms with van der Waals surface area (Å²) in [6.07, 6.45) is -5.04. The van der Waals surface area contributed by atoms with Gasteiger partial charge in [0.2, 0.25) is 5.95 Å². The van der Waals surface area contributed by atoms with Gasteiger partial charge in [0, 0.05) is 5.56 Å². The second kappa shape index (κ2) is 5.23. The smallest absolute Gasteiger partial charge is 0.471 e. The topological polar surface area (TPSA) is 108 Å². The van der Waals surface area contributed by atoms with E-state index in [4.69, 9.17) is 5.11 Å². The van der Waals surface area contributed by atoms with Crippen molar-refractivity contribution in [2.45, 2.75) is 6.18 Å². The van der Waals surface area contributed by atoms with Gasteiger partial charge >= 0.3 is 18.1 Å². The number of aromatic amines is 1. The maximum Gasteiger partial charge on any atom is 0.471 e. The van der Waals surface area contributed by atoms with Gasteiger partial charge < -0.3 is 5.11 Å². The van der Waals surface area contributed by atoms with Crippen LogP contribution in [-0.2, 0) is 4.79 Å². The van der Waals surface area contributed by atoms with Crippen LogP contribution in [0.1, 0.15) is 10.4 Å². The molecule has 0 radical (unpaired) electrons. The molecule has 110 valence electrons. The van der Waals surface area contributed by atoms with Crippen LogP contribution in [0.3, 0.4) is 0 Å². The predicted octanol–water partition coefficient (Wildman–Crippen LogP) is 1.67. The van der Waals surface area contributed by atoms with Crippen LogP contribution in [0.5, 0.6) is 0 Å². The third-order valence-corrected chi connectivity index (χ3v) is 2.37. The van der Waals surface area contributed by atoms with Gasteiger partial charge in [0.15, 0.2) is 5.82 Å². The first kappa shape index (κ1) is 14.5. The van der Waals surface area contributed by atoms with Crippen LogP contribution in [0, 0.1) is 0 Å². The highest BCUT2D eigenvalue weighted by Crippen LogP contribution is 2.19. The largest absolute Gasteiger partial charge is 0.478 e. The highest BCUT2D eigenvalue weighted by Gasteiger charge is 2.39. The van der Waals surface area contributed by atoms with E-state index in [-0.39, 0.29) is 11.4 Å². The summed E-state index contributed by atoms with van der Waals surface area (Å²) in [6, 6.07) is 5.40. The lowest BCUT2D eigenvalue weighted by molar-refractivity contribution is -0.167. The zero-order valence-corrected chi connectivity index (χ0v) is 10.1. The monoisotopic (exact) mass is 300 g/mol. The van der Waals surface area contributed by atoms with Gasteiger partial charge in [-0.3, -0.25) is 15.2 Å². The molecule has 2 aromatic rings. The first-order valence-corrected chi connectivity index (χ1v) is 5.41. The molecule has 3 N–H and O–H groups in total. The van der Waals surface area contributed by atoms with Crippen molar-refractivity contribution in [3.05, 3.63) is 29.8 Å². The number of halogens is 3. The van der Waals surface area contributed by atoms with Crippen molar-refractivity contribution in [2.75, 3.05) is 5.32 Å². The molecule has 2 rings (SSSR count). The molecule has 0 saturated heterocycles. The number of aromatic carboxylic acids is 1. The fourth-order valence-electron chi connectivity index (χ4n) is 1.39. The SMILES string of the molecule is O=C(O)c1ccc(-c2nc(NC(=O)C(F)(F)F)n[nH]2)cc1. The third kappa shape index (κ3) is 3.35. The van der Waals surface area contributed by atoms with Crippen molar-refractivity contribution >= 4 is 17.8 Å². The Bertz CT molecular complexity index is 679. The molecule has 1 aromatic heterocycles. The zero-order valence-electron chi connectivity index (χ0n) is 10.1. The van der Waals surface area contributed by atoms with Gasteiger partial charge in [-0.2, -0.15) is 18.2 Å². The van der Waals surface area contributed by atoms with Gasteiger partial charge in [-0.05, 0) is 12.1 Å². The lowest BCUT2D eigenvalue weighted by atomic mass is 10.1. The van der Waals surface area contributed by atoms with E-state index in [1.165, 1.54) is 29.6 Å². The molecule has 10 heteroatoms. The number of rotatable bonds is 3. The Hall–Kier alpha value is -2.91. The van der Waals surface area contributed by atoms with Crippen LogP contribution in [-0.4, -0.2) is 38.3 Å². The van der Waals surface area contributed by atoms with Gasteiger partial charge in [0.25, 0.3) is 0 Å². The molecule has 0 aliphatic heterocycles. The number of alkyl halides is 3. The molecule has 0 aliphatic carbocycles. The van der Waals surface area contributed by atoms with Crippen LogP contribution in [0.15, 0.2) is 24.3 Å². The Morgan fingerprint density at radius 1 is 1.19 bits per heavy atom. The van der Waals surface area contributed by atoms with E-state index in [0.29, 0.717) is 5.56 Å². The summed E-state index contributed by atoms with van der Waals surface area (Å²) in [7, 11) is 0. The van der Waals surface area contributed by atoms with E-state index in [1.807, 2.05) is 0 Å². The van der Waals surface area contributed by atoms with Gasteiger partial charge in [-0.15, -0.1) is 5.10 Å². The van der Waals surface area contributed by atoms with E-state index in [0.717, 1.165) is 0 Å². The Morgan fingerprint density at radius 2 is 1.81 bits per heavy atom. The highest BCUT2D eigenvalue weighted by atomic mass is 19.4. The van der Waals surface area contributed by atoms with Crippen molar-refractivity contribution in [2.24, 2.45) is 0 Å². The summed E-state index contributed by atoms with van der Waals surface area (Å²) < 4.78 is 36.2. The molecule has 21 heavy (non-hydrogen) atoms. The minimum absolute atomic E-state index is 0.0452. The molecule has 1 aromatic carbocycles. The number of nitrogens with zero attached hydrogens (tertiary/aromatic N) is 2. The number of benzene rings is 1. The molecule has 0 spiro atoms. The second-order valence-electron chi connectivity index (χ2n) is 3.84. The first-order chi connectivity index (χ1) is 9.77. The quantitative estimate of drug-likeness (QED) is 0.799. The number of carbonyl (C=O) groups excluding carboxylic acids is 1. The van der Waals surface area contributed by atoms with E-state index in [9.17, 15) is 22.8 Å². The van der Waals surface area contributed by atoms with Crippen molar-refractivity contribution in [3.63, 3.8) is 0 Å². The van der Waals surface area contributed by atoms with Crippen LogP contribution < -0.4 is 5.32 Å². The number of carboxylic acids is 1. The van der Waals surface area contributed by atoms with Crippen LogP contribution in [0.2, 0.25) is 0 Å². The number of nitrogens with one attached hydrogen (secondary N) is 2. The summed E-state index contributed by atoms with van der Waals surface area (Å²) in [5.74, 6) is -3.74. The highest BCUT2D eigenvalue weighted by molar-refractivity contribution is 5.93. The van der Waals surface area contributed by atoms with Gasteiger partial charge in [-0.25, -0.2) is 4.79 Å². The maximum absolute atomic E-state index is 12.1.